The summed E-state index contributed by atoms with van der Waals surface area (Å²) in [5.41, 5.74) is -6.70. The van der Waals surface area contributed by atoms with Gasteiger partial charge in [-0.25, -0.2) is 0 Å². The monoisotopic (exact) mass is 739 g/mol. The first kappa shape index (κ1) is 35.8. The summed E-state index contributed by atoms with van der Waals surface area (Å²) in [6.07, 6.45) is -12.9. The maximum Gasteiger partial charge on any atom is 0.416 e. The molecule has 0 amide bonds. The summed E-state index contributed by atoms with van der Waals surface area (Å²) >= 11 is 0. The number of benzene rings is 3. The third-order valence-electron chi connectivity index (χ3n) is 9.82. The molecule has 0 N–H and O–H groups in total. The van der Waals surface area contributed by atoms with Gasteiger partial charge in [0.15, 0.2) is 0 Å². The molecule has 54 heavy (non-hydrogen) atoms. The van der Waals surface area contributed by atoms with Gasteiger partial charge in [0, 0.05) is 22.3 Å². The third-order valence-corrected chi connectivity index (χ3v) is 9.82. The van der Waals surface area contributed by atoms with Gasteiger partial charge in [-0.15, -0.1) is 0 Å². The van der Waals surface area contributed by atoms with Crippen LogP contribution in [0.1, 0.15) is 87.2 Å². The van der Waals surface area contributed by atoms with Crippen LogP contribution in [0.4, 0.5) is 39.5 Å². The first-order chi connectivity index (χ1) is 25.4. The van der Waals surface area contributed by atoms with Crippen molar-refractivity contribution in [2.75, 3.05) is 0 Å². The molecule has 0 radical (unpaired) electrons. The summed E-state index contributed by atoms with van der Waals surface area (Å²) in [5, 5.41) is 50.8. The number of hydrogen-bond donors (Lipinski definition) is 0. The van der Waals surface area contributed by atoms with Crippen LogP contribution in [-0.2, 0) is 18.5 Å². The molecule has 0 saturated heterocycles. The Balaban J connectivity index is 1.58. The topological polar surface area (TPSA) is 119 Å². The summed E-state index contributed by atoms with van der Waals surface area (Å²) in [6, 6.07) is 15.5. The van der Waals surface area contributed by atoms with Crippen molar-refractivity contribution in [2.45, 2.75) is 50.1 Å². The zero-order valence-electron chi connectivity index (χ0n) is 27.2. The minimum atomic E-state index is -5.28. The smallest absolute Gasteiger partial charge is 0.192 e. The first-order valence-electron chi connectivity index (χ1n) is 16.1. The number of fused-ring (bicyclic) bond motifs is 2. The lowest BCUT2D eigenvalue weighted by atomic mass is 9.88. The fourth-order valence-electron chi connectivity index (χ4n) is 7.25. The predicted octanol–water partition coefficient (Wildman–Crippen LogP) is 11.0. The Bertz CT molecular complexity index is 2510. The van der Waals surface area contributed by atoms with Crippen LogP contribution in [0.5, 0.6) is 0 Å². The largest absolute Gasteiger partial charge is 0.416 e. The summed E-state index contributed by atoms with van der Waals surface area (Å²) in [6.45, 7) is 0. The van der Waals surface area contributed by atoms with E-state index in [4.69, 9.17) is 0 Å². The summed E-state index contributed by atoms with van der Waals surface area (Å²) in [5.74, 6) is -0.426. The number of allylic oxidation sites excluding steroid dienone is 8. The lowest BCUT2D eigenvalue weighted by Crippen LogP contribution is -2.12. The maximum atomic E-state index is 14.3. The molecule has 266 valence electrons. The summed E-state index contributed by atoms with van der Waals surface area (Å²) < 4.78 is 127. The molecular formula is C40H18F9N5. The average Bonchev–Trinajstić information content (AvgIpc) is 4.06. The molecule has 2 fully saturated rings. The highest BCUT2D eigenvalue weighted by molar-refractivity contribution is 6.29. The first-order valence-corrected chi connectivity index (χ1v) is 16.1. The van der Waals surface area contributed by atoms with Crippen molar-refractivity contribution in [3.8, 4) is 30.3 Å². The number of nitriles is 5. The molecule has 0 aliphatic heterocycles. The van der Waals surface area contributed by atoms with Gasteiger partial charge in [0.25, 0.3) is 0 Å². The van der Waals surface area contributed by atoms with E-state index in [9.17, 15) is 65.8 Å². The van der Waals surface area contributed by atoms with Gasteiger partial charge >= 0.3 is 18.5 Å². The zero-order chi connectivity index (χ0) is 39.1. The van der Waals surface area contributed by atoms with E-state index >= 15 is 0 Å². The number of halogens is 9. The molecule has 7 rings (SSSR count). The fraction of sp³-hybridized carbons (Fsp3) is 0.225. The molecule has 4 aliphatic carbocycles. The molecule has 0 aromatic heterocycles. The number of rotatable bonds is 4. The van der Waals surface area contributed by atoms with Gasteiger partial charge in [0.2, 0.25) is 0 Å². The van der Waals surface area contributed by atoms with Gasteiger partial charge in [0.1, 0.15) is 41.5 Å². The predicted molar refractivity (Wildman–Crippen MR) is 175 cm³/mol. The maximum absolute atomic E-state index is 14.3. The molecule has 2 saturated carbocycles. The van der Waals surface area contributed by atoms with Crippen molar-refractivity contribution < 1.29 is 39.5 Å². The lowest BCUT2D eigenvalue weighted by molar-refractivity contribution is -0.143. The van der Waals surface area contributed by atoms with Gasteiger partial charge in [-0.3, -0.25) is 0 Å². The highest BCUT2D eigenvalue weighted by Crippen LogP contribution is 2.60. The van der Waals surface area contributed by atoms with Crippen molar-refractivity contribution in [3.05, 3.63) is 115 Å². The molecule has 4 aliphatic rings. The van der Waals surface area contributed by atoms with E-state index in [1.165, 1.54) is 12.1 Å². The van der Waals surface area contributed by atoms with Crippen molar-refractivity contribution in [1.82, 2.24) is 0 Å². The fourth-order valence-corrected chi connectivity index (χ4v) is 7.25. The lowest BCUT2D eigenvalue weighted by Gasteiger charge is -2.16. The number of nitrogens with zero attached hydrogens (tertiary/aromatic N) is 5. The van der Waals surface area contributed by atoms with Crippen LogP contribution in [0.25, 0.3) is 33.4 Å². The van der Waals surface area contributed by atoms with E-state index < -0.39 is 68.6 Å². The van der Waals surface area contributed by atoms with Gasteiger partial charge in [-0.05, 0) is 125 Å². The van der Waals surface area contributed by atoms with Crippen LogP contribution in [0, 0.1) is 62.6 Å². The van der Waals surface area contributed by atoms with Crippen molar-refractivity contribution >= 4 is 33.4 Å². The zero-order valence-corrected chi connectivity index (χ0v) is 27.2. The van der Waals surface area contributed by atoms with Crippen molar-refractivity contribution in [1.29, 1.82) is 26.3 Å². The van der Waals surface area contributed by atoms with E-state index in [1.807, 2.05) is 6.07 Å². The van der Waals surface area contributed by atoms with E-state index in [0.29, 0.717) is 49.0 Å². The van der Waals surface area contributed by atoms with Crippen molar-refractivity contribution in [2.24, 2.45) is 5.92 Å². The molecule has 3 aromatic rings. The van der Waals surface area contributed by atoms with Gasteiger partial charge < -0.3 is 0 Å². The van der Waals surface area contributed by atoms with E-state index in [1.54, 1.807) is 30.3 Å². The van der Waals surface area contributed by atoms with Gasteiger partial charge in [0.05, 0.1) is 22.3 Å². The van der Waals surface area contributed by atoms with E-state index in [2.05, 4.69) is 0 Å². The van der Waals surface area contributed by atoms with Crippen LogP contribution in [0.15, 0.2) is 59.7 Å². The Labute approximate surface area is 300 Å². The minimum Gasteiger partial charge on any atom is -0.192 e. The number of hydrogen-bond acceptors (Lipinski definition) is 5. The Morgan fingerprint density at radius 2 is 0.907 bits per heavy atom. The molecule has 14 heteroatoms. The summed E-state index contributed by atoms with van der Waals surface area (Å²) in [4.78, 5) is 0. The van der Waals surface area contributed by atoms with E-state index in [0.717, 1.165) is 12.1 Å². The molecule has 5 nitrogen and oxygen atoms in total. The van der Waals surface area contributed by atoms with Crippen molar-refractivity contribution in [3.63, 3.8) is 0 Å². The molecular weight excluding hydrogens is 721 g/mol. The van der Waals surface area contributed by atoms with Crippen LogP contribution >= 0.6 is 0 Å². The Morgan fingerprint density at radius 3 is 1.35 bits per heavy atom. The Morgan fingerprint density at radius 1 is 0.481 bits per heavy atom. The molecule has 0 heterocycles. The van der Waals surface area contributed by atoms with Crippen LogP contribution in [-0.4, -0.2) is 0 Å². The van der Waals surface area contributed by atoms with Crippen LogP contribution in [0.3, 0.4) is 0 Å². The highest BCUT2D eigenvalue weighted by atomic mass is 19.4. The quantitative estimate of drug-likeness (QED) is 0.195. The second-order valence-electron chi connectivity index (χ2n) is 13.2. The number of alkyl halides is 9. The molecule has 3 aromatic carbocycles. The Hall–Kier alpha value is -6.56. The second kappa shape index (κ2) is 12.3. The second-order valence-corrected chi connectivity index (χ2v) is 13.2. The van der Waals surface area contributed by atoms with Crippen LogP contribution < -0.4 is 0 Å². The summed E-state index contributed by atoms with van der Waals surface area (Å²) in [7, 11) is 0. The third kappa shape index (κ3) is 5.89. The molecule has 0 unspecified atom stereocenters. The molecule has 0 atom stereocenters. The molecule has 0 spiro atoms. The SMILES string of the molecule is N#CC(C#N)=C1C(c2cc(C(F)(F)F)cc(C(F)(F)F)c2)=C(C#N)c2cc3c(cc21)C(=C(C#N)C#N)C(c1cc(C2CC2)cc(C(F)(F)F)c1)=C3C1CC1. The average molecular weight is 740 g/mol. The minimum absolute atomic E-state index is 0.0685. The van der Waals surface area contributed by atoms with Gasteiger partial charge in [-0.2, -0.15) is 65.8 Å². The van der Waals surface area contributed by atoms with Crippen LogP contribution in [0.2, 0.25) is 0 Å². The Kier molecular flexibility index (Phi) is 8.13. The highest BCUT2D eigenvalue weighted by Gasteiger charge is 2.44. The van der Waals surface area contributed by atoms with E-state index in [-0.39, 0.29) is 56.9 Å². The standard InChI is InChI=1S/C40H18F9N5/c41-38(42,43)25-6-20(18-1-2-18)5-21(7-25)37-33(19-3-4-19)30-11-28-29(12-31(30)36(37)24(15-52)16-53)35(23(13-50)14-51)34(32(28)17-54)22-8-26(39(44,45)46)10-27(9-22)40(47,48)49/h5-12,18-19H,1-4H2. The van der Waals surface area contributed by atoms with Gasteiger partial charge in [-0.1, -0.05) is 6.07 Å². The normalized spacial score (nSPS) is 16.6. The molecule has 0 bridgehead atoms.